The van der Waals surface area contributed by atoms with Gasteiger partial charge in [-0.3, -0.25) is 4.90 Å². The summed E-state index contributed by atoms with van der Waals surface area (Å²) in [5.74, 6) is 0.677. The highest BCUT2D eigenvalue weighted by atomic mass is 35.5. The van der Waals surface area contributed by atoms with Crippen molar-refractivity contribution < 1.29 is 0 Å². The van der Waals surface area contributed by atoms with Gasteiger partial charge in [0.05, 0.1) is 5.56 Å². The van der Waals surface area contributed by atoms with Crippen molar-refractivity contribution >= 4 is 17.4 Å². The molecule has 1 saturated heterocycles. The summed E-state index contributed by atoms with van der Waals surface area (Å²) in [4.78, 5) is 8.68. The Labute approximate surface area is 118 Å². The van der Waals surface area contributed by atoms with Crippen molar-refractivity contribution in [1.82, 2.24) is 15.2 Å². The predicted molar refractivity (Wildman–Crippen MR) is 76.5 cm³/mol. The van der Waals surface area contributed by atoms with E-state index in [1.807, 2.05) is 11.9 Å². The fraction of sp³-hybridized carbons (Fsp3) is 0.538. The molecule has 1 aliphatic rings. The number of anilines is 1. The first kappa shape index (κ1) is 14.1. The third-order valence-electron chi connectivity index (χ3n) is 3.31. The van der Waals surface area contributed by atoms with Gasteiger partial charge < -0.3 is 10.2 Å². The summed E-state index contributed by atoms with van der Waals surface area (Å²) in [7, 11) is 1.96. The minimum Gasteiger partial charge on any atom is -0.357 e. The summed E-state index contributed by atoms with van der Waals surface area (Å²) in [5.41, 5.74) is 0.473. The van der Waals surface area contributed by atoms with E-state index in [2.05, 4.69) is 21.3 Å². The van der Waals surface area contributed by atoms with Gasteiger partial charge in [0.2, 0.25) is 0 Å². The molecule has 0 spiro atoms. The second-order valence-corrected chi connectivity index (χ2v) is 5.00. The maximum atomic E-state index is 8.96. The van der Waals surface area contributed by atoms with Crippen LogP contribution >= 0.6 is 11.6 Å². The molecule has 1 fully saturated rings. The second kappa shape index (κ2) is 6.71. The Morgan fingerprint density at radius 2 is 2.26 bits per heavy atom. The highest BCUT2D eigenvalue weighted by Crippen LogP contribution is 2.25. The third-order valence-corrected chi connectivity index (χ3v) is 3.69. The summed E-state index contributed by atoms with van der Waals surface area (Å²) < 4.78 is 0. The van der Waals surface area contributed by atoms with Gasteiger partial charge in [0.15, 0.2) is 0 Å². The van der Waals surface area contributed by atoms with Gasteiger partial charge in [-0.15, -0.1) is 0 Å². The average Bonchev–Trinajstić information content (AvgIpc) is 2.46. The monoisotopic (exact) mass is 279 g/mol. The number of pyridine rings is 1. The normalized spacial score (nSPS) is 16.1. The molecule has 1 aromatic rings. The Hall–Kier alpha value is -1.35. The Bertz CT molecular complexity index is 465. The Morgan fingerprint density at radius 1 is 1.53 bits per heavy atom. The van der Waals surface area contributed by atoms with Crippen LogP contribution in [0.1, 0.15) is 5.56 Å². The molecule has 0 unspecified atom stereocenters. The van der Waals surface area contributed by atoms with E-state index in [1.54, 1.807) is 12.3 Å². The SMILES string of the molecule is CN(CCN1CCNCC1)c1nccc(C#N)c1Cl. The number of likely N-dealkylation sites (N-methyl/N-ethyl adjacent to an activating group) is 1. The number of nitriles is 1. The number of hydrogen-bond acceptors (Lipinski definition) is 5. The van der Waals surface area contributed by atoms with Crippen LogP contribution < -0.4 is 10.2 Å². The van der Waals surface area contributed by atoms with E-state index < -0.39 is 0 Å². The molecule has 102 valence electrons. The fourth-order valence-corrected chi connectivity index (χ4v) is 2.42. The summed E-state index contributed by atoms with van der Waals surface area (Å²) in [5, 5.41) is 12.7. The van der Waals surface area contributed by atoms with Crippen LogP contribution in [-0.4, -0.2) is 56.2 Å². The van der Waals surface area contributed by atoms with Gasteiger partial charge in [-0.1, -0.05) is 11.6 Å². The fourth-order valence-electron chi connectivity index (χ4n) is 2.12. The molecule has 1 aliphatic heterocycles. The van der Waals surface area contributed by atoms with Crippen molar-refractivity contribution in [3.05, 3.63) is 22.8 Å². The van der Waals surface area contributed by atoms with Crippen molar-refractivity contribution in [1.29, 1.82) is 5.26 Å². The van der Waals surface area contributed by atoms with Crippen LogP contribution in [-0.2, 0) is 0 Å². The van der Waals surface area contributed by atoms with Gasteiger partial charge in [0.25, 0.3) is 0 Å². The van der Waals surface area contributed by atoms with Crippen molar-refractivity contribution in [3.63, 3.8) is 0 Å². The molecule has 6 heteroatoms. The maximum absolute atomic E-state index is 8.96. The molecule has 0 atom stereocenters. The molecule has 2 heterocycles. The maximum Gasteiger partial charge on any atom is 0.148 e. The number of halogens is 1. The highest BCUT2D eigenvalue weighted by Gasteiger charge is 2.14. The lowest BCUT2D eigenvalue weighted by Crippen LogP contribution is -2.46. The van der Waals surface area contributed by atoms with E-state index in [1.165, 1.54) is 0 Å². The Kier molecular flexibility index (Phi) is 4.97. The van der Waals surface area contributed by atoms with Crippen LogP contribution in [0.3, 0.4) is 0 Å². The predicted octanol–water partition coefficient (Wildman–Crippen LogP) is 0.948. The van der Waals surface area contributed by atoms with Gasteiger partial charge in [-0.2, -0.15) is 5.26 Å². The van der Waals surface area contributed by atoms with E-state index >= 15 is 0 Å². The van der Waals surface area contributed by atoms with Gasteiger partial charge >= 0.3 is 0 Å². The van der Waals surface area contributed by atoms with Crippen molar-refractivity contribution in [2.75, 3.05) is 51.2 Å². The van der Waals surface area contributed by atoms with Crippen LogP contribution in [0.15, 0.2) is 12.3 Å². The zero-order chi connectivity index (χ0) is 13.7. The lowest BCUT2D eigenvalue weighted by molar-refractivity contribution is 0.246. The third kappa shape index (κ3) is 3.57. The smallest absolute Gasteiger partial charge is 0.148 e. The zero-order valence-corrected chi connectivity index (χ0v) is 11.8. The molecule has 1 aromatic heterocycles. The standard InChI is InChI=1S/C13H18ClN5/c1-18(8-9-19-6-4-16-5-7-19)13-12(14)11(10-15)2-3-17-13/h2-3,16H,4-9H2,1H3. The van der Waals surface area contributed by atoms with Gasteiger partial charge in [-0.05, 0) is 6.07 Å². The Morgan fingerprint density at radius 3 is 2.95 bits per heavy atom. The summed E-state index contributed by atoms with van der Waals surface area (Å²) in [6.07, 6.45) is 1.63. The summed E-state index contributed by atoms with van der Waals surface area (Å²) >= 11 is 6.18. The number of nitrogens with one attached hydrogen (secondary N) is 1. The lowest BCUT2D eigenvalue weighted by atomic mass is 10.2. The highest BCUT2D eigenvalue weighted by molar-refractivity contribution is 6.34. The zero-order valence-electron chi connectivity index (χ0n) is 11.1. The van der Waals surface area contributed by atoms with Crippen molar-refractivity contribution in [2.45, 2.75) is 0 Å². The molecule has 5 nitrogen and oxygen atoms in total. The van der Waals surface area contributed by atoms with Crippen molar-refractivity contribution in [3.8, 4) is 6.07 Å². The van der Waals surface area contributed by atoms with E-state index in [0.717, 1.165) is 39.3 Å². The molecule has 19 heavy (non-hydrogen) atoms. The van der Waals surface area contributed by atoms with Gasteiger partial charge in [-0.25, -0.2) is 4.98 Å². The molecule has 0 saturated carbocycles. The second-order valence-electron chi connectivity index (χ2n) is 4.62. The molecule has 0 amide bonds. The van der Waals surface area contributed by atoms with Crippen LogP contribution in [0, 0.1) is 11.3 Å². The van der Waals surface area contributed by atoms with Crippen LogP contribution in [0.5, 0.6) is 0 Å². The number of rotatable bonds is 4. The van der Waals surface area contributed by atoms with Crippen LogP contribution in [0.2, 0.25) is 5.02 Å². The van der Waals surface area contributed by atoms with Crippen LogP contribution in [0.25, 0.3) is 0 Å². The minimum absolute atomic E-state index is 0.438. The molecule has 1 N–H and O–H groups in total. The quantitative estimate of drug-likeness (QED) is 0.889. The largest absolute Gasteiger partial charge is 0.357 e. The van der Waals surface area contributed by atoms with E-state index in [9.17, 15) is 0 Å². The van der Waals surface area contributed by atoms with E-state index in [4.69, 9.17) is 16.9 Å². The number of hydrogen-bond donors (Lipinski definition) is 1. The van der Waals surface area contributed by atoms with Crippen LogP contribution in [0.4, 0.5) is 5.82 Å². The molecular formula is C13H18ClN5. The number of aromatic nitrogens is 1. The number of piperazine rings is 1. The lowest BCUT2D eigenvalue weighted by Gasteiger charge is -2.29. The summed E-state index contributed by atoms with van der Waals surface area (Å²) in [6, 6.07) is 3.71. The average molecular weight is 280 g/mol. The molecule has 2 rings (SSSR count). The van der Waals surface area contributed by atoms with Crippen molar-refractivity contribution in [2.24, 2.45) is 0 Å². The van der Waals surface area contributed by atoms with Gasteiger partial charge in [0.1, 0.15) is 16.9 Å². The summed E-state index contributed by atoms with van der Waals surface area (Å²) in [6.45, 7) is 6.08. The molecule has 0 aliphatic carbocycles. The molecule has 0 bridgehead atoms. The number of nitrogens with zero attached hydrogens (tertiary/aromatic N) is 4. The first-order valence-corrected chi connectivity index (χ1v) is 6.79. The van der Waals surface area contributed by atoms with E-state index in [-0.39, 0.29) is 0 Å². The molecule has 0 aromatic carbocycles. The topological polar surface area (TPSA) is 55.2 Å². The van der Waals surface area contributed by atoms with Gasteiger partial charge in [0, 0.05) is 52.5 Å². The molecular weight excluding hydrogens is 262 g/mol. The van der Waals surface area contributed by atoms with E-state index in [0.29, 0.717) is 16.4 Å². The Balaban J connectivity index is 1.96. The first-order valence-electron chi connectivity index (χ1n) is 6.41. The first-order chi connectivity index (χ1) is 9.22. The molecule has 0 radical (unpaired) electrons. The minimum atomic E-state index is 0.438.